The lowest BCUT2D eigenvalue weighted by atomic mass is 9.93. The summed E-state index contributed by atoms with van der Waals surface area (Å²) in [7, 11) is 0. The van der Waals surface area contributed by atoms with Gasteiger partial charge in [-0.05, 0) is 35.8 Å². The minimum atomic E-state index is -0.320. The molecule has 6 heteroatoms. The van der Waals surface area contributed by atoms with Crippen LogP contribution in [0.4, 0.5) is 5.13 Å². The molecule has 27 heavy (non-hydrogen) atoms. The van der Waals surface area contributed by atoms with Gasteiger partial charge in [0.2, 0.25) is 11.8 Å². The van der Waals surface area contributed by atoms with Gasteiger partial charge < -0.3 is 10.2 Å². The van der Waals surface area contributed by atoms with Crippen molar-refractivity contribution in [2.75, 3.05) is 5.32 Å². The molecule has 0 spiro atoms. The zero-order chi connectivity index (χ0) is 19.0. The summed E-state index contributed by atoms with van der Waals surface area (Å²) in [5.74, 6) is -0.248. The number of anilines is 1. The average Bonchev–Trinajstić information content (AvgIpc) is 3.05. The molecule has 0 radical (unpaired) electrons. The average molecular weight is 377 g/mol. The van der Waals surface area contributed by atoms with Crippen LogP contribution < -0.4 is 5.32 Å². The van der Waals surface area contributed by atoms with Crippen LogP contribution >= 0.6 is 11.3 Å². The van der Waals surface area contributed by atoms with Gasteiger partial charge in [0.15, 0.2) is 5.13 Å². The summed E-state index contributed by atoms with van der Waals surface area (Å²) in [6, 6.07) is 13.5. The summed E-state index contributed by atoms with van der Waals surface area (Å²) >= 11 is 1.46. The molecule has 136 valence electrons. The fourth-order valence-electron chi connectivity index (χ4n) is 3.40. The lowest BCUT2D eigenvalue weighted by Gasteiger charge is -2.32. The van der Waals surface area contributed by atoms with E-state index in [2.05, 4.69) is 10.3 Å². The van der Waals surface area contributed by atoms with Crippen LogP contribution in [-0.2, 0) is 9.59 Å². The molecule has 3 aromatic rings. The van der Waals surface area contributed by atoms with Gasteiger partial charge in [-0.1, -0.05) is 47.7 Å². The van der Waals surface area contributed by atoms with Gasteiger partial charge in [0.25, 0.3) is 0 Å². The van der Waals surface area contributed by atoms with Crippen molar-refractivity contribution in [3.8, 4) is 0 Å². The molecule has 2 amide bonds. The number of thiazole rings is 1. The Bertz CT molecular complexity index is 1070. The zero-order valence-corrected chi connectivity index (χ0v) is 15.9. The molecule has 1 aliphatic rings. The van der Waals surface area contributed by atoms with Crippen LogP contribution in [0.3, 0.4) is 0 Å². The lowest BCUT2D eigenvalue weighted by Crippen LogP contribution is -2.33. The Morgan fingerprint density at radius 2 is 2.00 bits per heavy atom. The second-order valence-corrected chi connectivity index (χ2v) is 7.61. The molecule has 0 saturated carbocycles. The number of aromatic nitrogens is 1. The Balaban J connectivity index is 1.57. The predicted molar refractivity (Wildman–Crippen MR) is 108 cm³/mol. The Morgan fingerprint density at radius 3 is 2.78 bits per heavy atom. The van der Waals surface area contributed by atoms with Crippen LogP contribution in [0.25, 0.3) is 16.3 Å². The van der Waals surface area contributed by atoms with Crippen molar-refractivity contribution in [3.63, 3.8) is 0 Å². The molecule has 1 aromatic heterocycles. The van der Waals surface area contributed by atoms with E-state index >= 15 is 0 Å². The third kappa shape index (κ3) is 3.36. The number of nitrogens with zero attached hydrogens (tertiary/aromatic N) is 2. The second kappa shape index (κ2) is 6.96. The SMILES string of the molecule is CC(=O)N1C=Cc2ccccc2[C@H]1CC(=O)Nc1nc2c(C)cccc2s1. The number of hydrogen-bond donors (Lipinski definition) is 1. The van der Waals surface area contributed by atoms with Crippen molar-refractivity contribution in [3.05, 3.63) is 65.4 Å². The number of rotatable bonds is 3. The molecule has 0 unspecified atom stereocenters. The van der Waals surface area contributed by atoms with Gasteiger partial charge >= 0.3 is 0 Å². The summed E-state index contributed by atoms with van der Waals surface area (Å²) in [5, 5.41) is 3.48. The quantitative estimate of drug-likeness (QED) is 0.731. The third-order valence-electron chi connectivity index (χ3n) is 4.71. The summed E-state index contributed by atoms with van der Waals surface area (Å²) in [4.78, 5) is 30.9. The number of carbonyl (C=O) groups is 2. The minimum absolute atomic E-state index is 0.0887. The van der Waals surface area contributed by atoms with Gasteiger partial charge in [0.05, 0.1) is 22.7 Å². The van der Waals surface area contributed by atoms with E-state index in [4.69, 9.17) is 0 Å². The van der Waals surface area contributed by atoms with E-state index in [1.165, 1.54) is 18.3 Å². The number of aryl methyl sites for hydroxylation is 1. The molecular weight excluding hydrogens is 358 g/mol. The van der Waals surface area contributed by atoms with Crippen LogP contribution in [0.15, 0.2) is 48.7 Å². The Kier molecular flexibility index (Phi) is 4.49. The van der Waals surface area contributed by atoms with Gasteiger partial charge in [-0.25, -0.2) is 4.98 Å². The van der Waals surface area contributed by atoms with Crippen LogP contribution in [0, 0.1) is 6.92 Å². The summed E-state index contributed by atoms with van der Waals surface area (Å²) in [6.07, 6.45) is 3.83. The van der Waals surface area contributed by atoms with E-state index in [-0.39, 0.29) is 24.3 Å². The van der Waals surface area contributed by atoms with Crippen LogP contribution in [0.5, 0.6) is 0 Å². The number of hydrogen-bond acceptors (Lipinski definition) is 4. The number of benzene rings is 2. The van der Waals surface area contributed by atoms with E-state index in [1.807, 2.05) is 55.5 Å². The maximum absolute atomic E-state index is 12.7. The highest BCUT2D eigenvalue weighted by atomic mass is 32.1. The van der Waals surface area contributed by atoms with E-state index in [0.717, 1.165) is 26.9 Å². The number of carbonyl (C=O) groups excluding carboxylic acids is 2. The van der Waals surface area contributed by atoms with Crippen LogP contribution in [0.1, 0.15) is 36.1 Å². The maximum atomic E-state index is 12.7. The van der Waals surface area contributed by atoms with Crippen molar-refractivity contribution in [2.45, 2.75) is 26.3 Å². The first-order chi connectivity index (χ1) is 13.0. The van der Waals surface area contributed by atoms with Crippen LogP contribution in [-0.4, -0.2) is 21.7 Å². The van der Waals surface area contributed by atoms with Gasteiger partial charge in [-0.15, -0.1) is 0 Å². The minimum Gasteiger partial charge on any atom is -0.311 e. The van der Waals surface area contributed by atoms with E-state index < -0.39 is 0 Å². The first-order valence-corrected chi connectivity index (χ1v) is 9.56. The van der Waals surface area contributed by atoms with Crippen molar-refractivity contribution in [1.29, 1.82) is 0 Å². The standard InChI is InChI=1S/C21H19N3O2S/c1-13-6-5-9-18-20(13)23-21(27-18)22-19(26)12-17-16-8-4-3-7-15(16)10-11-24(17)14(2)25/h3-11,17H,12H2,1-2H3,(H,22,23,26)/t17-/m1/s1. The first kappa shape index (κ1) is 17.4. The number of para-hydroxylation sites is 1. The first-order valence-electron chi connectivity index (χ1n) is 8.75. The summed E-state index contributed by atoms with van der Waals surface area (Å²) in [5.41, 5.74) is 4.00. The molecule has 1 N–H and O–H groups in total. The molecule has 5 nitrogen and oxygen atoms in total. The predicted octanol–water partition coefficient (Wildman–Crippen LogP) is 4.51. The fourth-order valence-corrected chi connectivity index (χ4v) is 4.36. The molecule has 2 aromatic carbocycles. The summed E-state index contributed by atoms with van der Waals surface area (Å²) in [6.45, 7) is 3.52. The summed E-state index contributed by atoms with van der Waals surface area (Å²) < 4.78 is 1.04. The van der Waals surface area contributed by atoms with Crippen molar-refractivity contribution in [2.24, 2.45) is 0 Å². The molecule has 2 heterocycles. The number of fused-ring (bicyclic) bond motifs is 2. The largest absolute Gasteiger partial charge is 0.311 e. The van der Waals surface area contributed by atoms with Crippen molar-refractivity contribution >= 4 is 44.6 Å². The molecule has 0 saturated heterocycles. The highest BCUT2D eigenvalue weighted by Gasteiger charge is 2.28. The molecule has 1 atom stereocenters. The Hall–Kier alpha value is -2.99. The maximum Gasteiger partial charge on any atom is 0.228 e. The molecule has 1 aliphatic heterocycles. The normalized spacial score (nSPS) is 15.6. The monoisotopic (exact) mass is 377 g/mol. The van der Waals surface area contributed by atoms with Crippen molar-refractivity contribution < 1.29 is 9.59 Å². The smallest absolute Gasteiger partial charge is 0.228 e. The van der Waals surface area contributed by atoms with Crippen LogP contribution in [0.2, 0.25) is 0 Å². The fraction of sp³-hybridized carbons (Fsp3) is 0.190. The molecule has 0 bridgehead atoms. The number of amides is 2. The number of nitrogens with one attached hydrogen (secondary N) is 1. The molecular formula is C21H19N3O2S. The van der Waals surface area contributed by atoms with E-state index in [1.54, 1.807) is 11.1 Å². The van der Waals surface area contributed by atoms with E-state index in [0.29, 0.717) is 5.13 Å². The van der Waals surface area contributed by atoms with Crippen molar-refractivity contribution in [1.82, 2.24) is 9.88 Å². The third-order valence-corrected chi connectivity index (χ3v) is 5.65. The molecule has 0 fully saturated rings. The highest BCUT2D eigenvalue weighted by molar-refractivity contribution is 7.22. The van der Waals surface area contributed by atoms with E-state index in [9.17, 15) is 9.59 Å². The molecule has 0 aliphatic carbocycles. The Labute approximate surface area is 161 Å². The molecule has 4 rings (SSSR count). The topological polar surface area (TPSA) is 62.3 Å². The Morgan fingerprint density at radius 1 is 1.19 bits per heavy atom. The zero-order valence-electron chi connectivity index (χ0n) is 15.1. The lowest BCUT2D eigenvalue weighted by molar-refractivity contribution is -0.129. The van der Waals surface area contributed by atoms with Gasteiger partial charge in [-0.2, -0.15) is 0 Å². The van der Waals surface area contributed by atoms with Gasteiger partial charge in [0.1, 0.15) is 0 Å². The second-order valence-electron chi connectivity index (χ2n) is 6.58. The highest BCUT2D eigenvalue weighted by Crippen LogP contribution is 2.34. The van der Waals surface area contributed by atoms with Gasteiger partial charge in [0, 0.05) is 13.1 Å². The van der Waals surface area contributed by atoms with Gasteiger partial charge in [-0.3, -0.25) is 9.59 Å².